The second-order valence-corrected chi connectivity index (χ2v) is 31.2. The van der Waals surface area contributed by atoms with E-state index in [0.29, 0.717) is 23.2 Å². The van der Waals surface area contributed by atoms with E-state index >= 15 is 0 Å². The molecule has 14 aromatic carbocycles. The van der Waals surface area contributed by atoms with Crippen molar-refractivity contribution in [2.45, 2.75) is 70.6 Å². The molecule has 14 aromatic rings. The van der Waals surface area contributed by atoms with Crippen molar-refractivity contribution in [3.8, 4) is 62.1 Å². The van der Waals surface area contributed by atoms with Crippen LogP contribution in [0.2, 0.25) is 0 Å². The van der Waals surface area contributed by atoms with Gasteiger partial charge in [-0.2, -0.15) is 0 Å². The number of benzene rings is 14. The van der Waals surface area contributed by atoms with E-state index < -0.39 is 11.6 Å². The van der Waals surface area contributed by atoms with Crippen molar-refractivity contribution >= 4 is 95.4 Å². The minimum Gasteiger partial charge on any atom is -1.00 e. The Morgan fingerprint density at radius 2 is 0.690 bits per heavy atom. The van der Waals surface area contributed by atoms with Crippen molar-refractivity contribution in [3.63, 3.8) is 0 Å². The predicted octanol–water partition coefficient (Wildman–Crippen LogP) is 20.3. The van der Waals surface area contributed by atoms with E-state index in [9.17, 15) is 18.7 Å². The van der Waals surface area contributed by atoms with Crippen molar-refractivity contribution in [1.82, 2.24) is 4.90 Å². The van der Waals surface area contributed by atoms with E-state index in [4.69, 9.17) is 19.5 Å². The molecule has 3 aliphatic carbocycles. The summed E-state index contributed by atoms with van der Waals surface area (Å²) in [5.74, 6) is 2.34. The number of fused-ring (bicyclic) bond motifs is 9. The second kappa shape index (κ2) is 38.1. The van der Waals surface area contributed by atoms with E-state index in [1.807, 2.05) is 43.4 Å². The molecule has 1 amide bonds. The quantitative estimate of drug-likeness (QED) is 0.0371. The molecule has 0 spiro atoms. The Labute approximate surface area is 780 Å². The number of para-hydroxylation sites is 6. The molecule has 0 radical (unpaired) electrons. The number of carbonyl (C=O) groups excluding carboxylic acids is 2. The van der Waals surface area contributed by atoms with Crippen LogP contribution in [0.25, 0.3) is 33.4 Å². The number of rotatable bonds is 14. The van der Waals surface area contributed by atoms with Gasteiger partial charge in [-0.05, 0) is 275 Å². The molecule has 0 bridgehead atoms. The molecule has 0 atom stereocenters. The second-order valence-electron chi connectivity index (χ2n) is 29.6. The van der Waals surface area contributed by atoms with Gasteiger partial charge in [-0.25, -0.2) is 8.78 Å². The summed E-state index contributed by atoms with van der Waals surface area (Å²) in [5.41, 5.74) is 24.4. The summed E-state index contributed by atoms with van der Waals surface area (Å²) in [6.45, 7) is 14.6. The summed E-state index contributed by atoms with van der Waals surface area (Å²) >= 11 is 6.60. The number of hydrogen-bond acceptors (Lipinski definition) is 10. The van der Waals surface area contributed by atoms with Crippen LogP contribution in [0.4, 0.5) is 60.0 Å². The molecule has 0 saturated carbocycles. The molecule has 1 aliphatic heterocycles. The minimum atomic E-state index is -0.574. The molecule has 572 valence electrons. The molecule has 1 saturated heterocycles. The van der Waals surface area contributed by atoms with Gasteiger partial charge in [0.15, 0.2) is 0 Å². The van der Waals surface area contributed by atoms with Gasteiger partial charge in [-0.1, -0.05) is 199 Å². The van der Waals surface area contributed by atoms with Crippen molar-refractivity contribution in [2.75, 3.05) is 28.3 Å². The van der Waals surface area contributed by atoms with E-state index in [-0.39, 0.29) is 131 Å². The number of phenolic OH excluding ortho intramolecular Hbond substituents is 1. The number of aromatic hydroxyl groups is 1. The Kier molecular flexibility index (Phi) is 28.3. The van der Waals surface area contributed by atoms with Gasteiger partial charge in [-0.15, -0.1) is 0 Å². The van der Waals surface area contributed by atoms with Gasteiger partial charge in [0.2, 0.25) is 5.91 Å². The molecule has 4 aliphatic rings. The number of likely N-dealkylation sites (tertiary alicyclic amines) is 1. The zero-order valence-corrected chi connectivity index (χ0v) is 75.5. The molecule has 17 heteroatoms. The fourth-order valence-corrected chi connectivity index (χ4v) is 16.4. The summed E-state index contributed by atoms with van der Waals surface area (Å²) in [4.78, 5) is 30.5. The average molecular weight is 1720 g/mol. The van der Waals surface area contributed by atoms with Crippen LogP contribution < -0.4 is 132 Å². The summed E-state index contributed by atoms with van der Waals surface area (Å²) < 4.78 is 38.6. The molecule has 0 unspecified atom stereocenters. The molecule has 0 aromatic heterocycles. The van der Waals surface area contributed by atoms with Crippen LogP contribution in [0.15, 0.2) is 337 Å². The Hall–Kier alpha value is -9.13. The first-order valence-electron chi connectivity index (χ1n) is 37.6. The molecule has 116 heavy (non-hydrogen) atoms. The largest absolute Gasteiger partial charge is 1.00 e. The summed E-state index contributed by atoms with van der Waals surface area (Å²) in [5, 5.41) is 18.5. The number of nitrogens with zero attached hydrogens (tertiary/aromatic N) is 4. The topological polar surface area (TPSA) is 118 Å². The average Bonchev–Trinajstić information content (AvgIpc) is 1.59. The monoisotopic (exact) mass is 1710 g/mol. The number of carbonyl (C=O) groups is 2. The first-order chi connectivity index (χ1) is 55.1. The van der Waals surface area contributed by atoms with Gasteiger partial charge in [0, 0.05) is 87.4 Å². The van der Waals surface area contributed by atoms with E-state index in [0.717, 1.165) is 92.1 Å². The number of hydrogen-bond donors (Lipinski definition) is 1. The van der Waals surface area contributed by atoms with Crippen molar-refractivity contribution in [2.24, 2.45) is 0 Å². The molecule has 1 heterocycles. The molecule has 18 rings (SSSR count). The standard InChI is InChI=1S/C60H47BrN2O2.C27H23NO.C6H3BrF2.C5H9NO.CH2O3.2K.H/c1-59(2)52-34-30-46(38-50(52)48-32-28-44(36-54(48)59)62(40-18-9-5-10-19-40)41-20-11-6-12-21-41)64-56-26-17-27-57(58(56)61)65-47-31-35-53-51(39-47)49-33-29-45(37-55(49)60(53,3)4)63(42-22-13-7-14-23-42)43-24-15-8-16-25-43;1-27(2)25-16-14-22(29)18-24(25)23-15-13-21(17-26(23)27)28(19-9-5-3-6-10-19)20-11-7-4-8-12-20;7-6-4(8)2-1-3-5(6)9;1-6-4-2-3-5(6)7;2-1-4-3;;;/h5-39H,1-4H3;3-18,29H,1-2H3;1-3H;2-4H2,1H3;1,3H;;;/q;;;;;2*+1;-1/p-1. The smallest absolute Gasteiger partial charge is 1.00 e. The van der Waals surface area contributed by atoms with Gasteiger partial charge in [-0.3, -0.25) is 9.59 Å². The van der Waals surface area contributed by atoms with Crippen LogP contribution in [0.1, 0.15) is 89.2 Å². The Morgan fingerprint density at radius 3 is 0.966 bits per heavy atom. The van der Waals surface area contributed by atoms with Gasteiger partial charge >= 0.3 is 103 Å². The molecule has 1 N–H and O–H groups in total. The van der Waals surface area contributed by atoms with Crippen molar-refractivity contribution in [1.29, 1.82) is 0 Å². The van der Waals surface area contributed by atoms with E-state index in [1.54, 1.807) is 11.0 Å². The third kappa shape index (κ3) is 18.4. The first kappa shape index (κ1) is 86.2. The van der Waals surface area contributed by atoms with Crippen LogP contribution in [0.5, 0.6) is 28.7 Å². The van der Waals surface area contributed by atoms with Gasteiger partial charge in [0.1, 0.15) is 44.9 Å². The van der Waals surface area contributed by atoms with Crippen LogP contribution >= 0.6 is 31.9 Å². The number of amides is 1. The zero-order valence-electron chi connectivity index (χ0n) is 67.1. The van der Waals surface area contributed by atoms with Crippen LogP contribution in [-0.2, 0) is 30.7 Å². The Balaban J connectivity index is 0.000000211. The SMILES string of the molecule is CC1(C)c2ccc(O)cc2-c2ccc(N(c3ccccc3)c3ccccc3)cc21.CC1(C)c2ccc(Oc3cccc(Oc4ccc5c(c4)-c4ccc(N(c6ccccc6)c6ccccc6)cc4C5(C)C)c3Br)cc2-c2ccc(N(c3ccccc3)c3ccccc3)cc21.CN1CCCC1=O.Fc1cccc(F)c1Br.O=CO[O-].[H-].[K+].[K+]. The summed E-state index contributed by atoms with van der Waals surface area (Å²) in [6.07, 6.45) is 1.81. The van der Waals surface area contributed by atoms with E-state index in [1.165, 1.54) is 79.4 Å². The molecular formula is C99H84Br2F2K2N4O7. The molecule has 11 nitrogen and oxygen atoms in total. The van der Waals surface area contributed by atoms with Crippen molar-refractivity contribution in [3.05, 3.63) is 382 Å². The van der Waals surface area contributed by atoms with Crippen LogP contribution in [0, 0.1) is 11.6 Å². The molecule has 1 fully saturated rings. The molecular weight excluding hydrogens is 1630 g/mol. The number of ether oxygens (including phenoxy) is 2. The number of anilines is 9. The maximum Gasteiger partial charge on any atom is 1.00 e. The van der Waals surface area contributed by atoms with Gasteiger partial charge in [0.25, 0.3) is 6.47 Å². The third-order valence-corrected chi connectivity index (χ3v) is 22.9. The third-order valence-electron chi connectivity index (χ3n) is 21.4. The summed E-state index contributed by atoms with van der Waals surface area (Å²) in [6, 6.07) is 112. The first-order valence-corrected chi connectivity index (χ1v) is 39.2. The van der Waals surface area contributed by atoms with E-state index in [2.05, 4.69) is 360 Å². The Morgan fingerprint density at radius 1 is 0.388 bits per heavy atom. The number of phenols is 1. The zero-order chi connectivity index (χ0) is 79.8. The maximum absolute atomic E-state index is 12.3. The van der Waals surface area contributed by atoms with Gasteiger partial charge in [0.05, 0.1) is 4.47 Å². The van der Waals surface area contributed by atoms with Crippen molar-refractivity contribution < 1.29 is 147 Å². The normalized spacial score (nSPS) is 13.2. The summed E-state index contributed by atoms with van der Waals surface area (Å²) in [7, 11) is 1.84. The predicted molar refractivity (Wildman–Crippen MR) is 461 cm³/mol. The Bertz CT molecular complexity index is 5450. The van der Waals surface area contributed by atoms with Gasteiger partial charge < -0.3 is 45.8 Å². The van der Waals surface area contributed by atoms with Crippen LogP contribution in [0.3, 0.4) is 0 Å². The van der Waals surface area contributed by atoms with Crippen LogP contribution in [-0.4, -0.2) is 36.0 Å². The fourth-order valence-electron chi connectivity index (χ4n) is 15.7. The fraction of sp³-hybridized carbons (Fsp3) is 0.131. The minimum absolute atomic E-state index is 0. The number of halogens is 4. The maximum atomic E-state index is 12.3.